The van der Waals surface area contributed by atoms with E-state index in [9.17, 15) is 9.90 Å². The lowest BCUT2D eigenvalue weighted by atomic mass is 9.77. The lowest BCUT2D eigenvalue weighted by Crippen LogP contribution is -2.58. The number of hydrogen-bond acceptors (Lipinski definition) is 4. The van der Waals surface area contributed by atoms with Gasteiger partial charge in [-0.3, -0.25) is 4.79 Å². The van der Waals surface area contributed by atoms with Crippen molar-refractivity contribution in [3.05, 3.63) is 0 Å². The molecule has 112 valence electrons. The number of thiocarbonyl (C=S) groups is 1. The molecule has 0 radical (unpaired) electrons. The molecule has 3 fully saturated rings. The number of hydrogen-bond donors (Lipinski definition) is 2. The second kappa shape index (κ2) is 5.24. The normalized spacial score (nSPS) is 35.9. The van der Waals surface area contributed by atoms with Crippen molar-refractivity contribution in [3.63, 3.8) is 0 Å². The van der Waals surface area contributed by atoms with Gasteiger partial charge in [0.25, 0.3) is 0 Å². The van der Waals surface area contributed by atoms with E-state index in [2.05, 4.69) is 0 Å². The quantitative estimate of drug-likeness (QED) is 0.730. The van der Waals surface area contributed by atoms with Crippen molar-refractivity contribution in [2.75, 3.05) is 13.2 Å². The highest BCUT2D eigenvalue weighted by Gasteiger charge is 2.51. The van der Waals surface area contributed by atoms with Crippen LogP contribution in [0.3, 0.4) is 0 Å². The topological polar surface area (TPSA) is 75.8 Å². The van der Waals surface area contributed by atoms with E-state index in [0.717, 1.165) is 12.8 Å². The number of piperidine rings is 1. The maximum atomic E-state index is 13.1. The van der Waals surface area contributed by atoms with Gasteiger partial charge in [-0.2, -0.15) is 0 Å². The standard InChI is InChI=1S/C14H22N2O3S/c15-12(20)14(3-5-19-6-4-14)13(18)16-9-1-2-10(16)8-11(17)7-9/h9-11,17H,1-8H2,(H2,15,20). The van der Waals surface area contributed by atoms with Gasteiger partial charge in [-0.15, -0.1) is 0 Å². The monoisotopic (exact) mass is 298 g/mol. The zero-order valence-electron chi connectivity index (χ0n) is 11.6. The van der Waals surface area contributed by atoms with Crippen molar-refractivity contribution in [1.82, 2.24) is 4.90 Å². The van der Waals surface area contributed by atoms with E-state index < -0.39 is 5.41 Å². The second-order valence-corrected chi connectivity index (χ2v) is 6.72. The Hall–Kier alpha value is -0.720. The van der Waals surface area contributed by atoms with Gasteiger partial charge in [-0.05, 0) is 38.5 Å². The van der Waals surface area contributed by atoms with Crippen LogP contribution in [0.15, 0.2) is 0 Å². The predicted octanol–water partition coefficient (Wildman–Crippen LogP) is 0.584. The smallest absolute Gasteiger partial charge is 0.236 e. The molecule has 2 atom stereocenters. The van der Waals surface area contributed by atoms with Gasteiger partial charge in [0.2, 0.25) is 5.91 Å². The number of amides is 1. The first-order valence-electron chi connectivity index (χ1n) is 7.43. The van der Waals surface area contributed by atoms with Crippen molar-refractivity contribution in [3.8, 4) is 0 Å². The van der Waals surface area contributed by atoms with Gasteiger partial charge < -0.3 is 20.5 Å². The van der Waals surface area contributed by atoms with Crippen molar-refractivity contribution < 1.29 is 14.6 Å². The summed E-state index contributed by atoms with van der Waals surface area (Å²) in [6.45, 7) is 1.07. The molecule has 3 aliphatic rings. The Kier molecular flexibility index (Phi) is 3.73. The molecule has 0 aromatic carbocycles. The third-order valence-corrected chi connectivity index (χ3v) is 5.56. The summed E-state index contributed by atoms with van der Waals surface area (Å²) in [4.78, 5) is 15.4. The number of fused-ring (bicyclic) bond motifs is 2. The number of aliphatic hydroxyl groups is 1. The minimum atomic E-state index is -0.725. The van der Waals surface area contributed by atoms with Crippen LogP contribution in [0.5, 0.6) is 0 Å². The molecule has 3 rings (SSSR count). The van der Waals surface area contributed by atoms with Crippen LogP contribution in [0.25, 0.3) is 0 Å². The molecular formula is C14H22N2O3S. The molecule has 0 aromatic heterocycles. The van der Waals surface area contributed by atoms with Crippen molar-refractivity contribution in [2.24, 2.45) is 11.1 Å². The van der Waals surface area contributed by atoms with Gasteiger partial charge in [-0.1, -0.05) is 12.2 Å². The number of nitrogens with two attached hydrogens (primary N) is 1. The van der Waals surface area contributed by atoms with Crippen LogP contribution in [0, 0.1) is 5.41 Å². The van der Waals surface area contributed by atoms with Gasteiger partial charge in [0.05, 0.1) is 11.1 Å². The van der Waals surface area contributed by atoms with E-state index in [1.165, 1.54) is 0 Å². The van der Waals surface area contributed by atoms with Gasteiger partial charge in [0.1, 0.15) is 5.41 Å². The molecular weight excluding hydrogens is 276 g/mol. The van der Waals surface area contributed by atoms with E-state index in [0.29, 0.717) is 43.9 Å². The number of carbonyl (C=O) groups excluding carboxylic acids is 1. The highest BCUT2D eigenvalue weighted by molar-refractivity contribution is 7.80. The molecule has 2 unspecified atom stereocenters. The van der Waals surface area contributed by atoms with Crippen LogP contribution < -0.4 is 5.73 Å². The Morgan fingerprint density at radius 3 is 2.30 bits per heavy atom. The summed E-state index contributed by atoms with van der Waals surface area (Å²) in [6.07, 6.45) is 4.24. The van der Waals surface area contributed by atoms with Gasteiger partial charge in [-0.25, -0.2) is 0 Å². The van der Waals surface area contributed by atoms with Crippen LogP contribution >= 0.6 is 12.2 Å². The predicted molar refractivity (Wildman–Crippen MR) is 78.2 cm³/mol. The molecule has 3 aliphatic heterocycles. The molecule has 20 heavy (non-hydrogen) atoms. The maximum Gasteiger partial charge on any atom is 0.236 e. The number of rotatable bonds is 2. The zero-order chi connectivity index (χ0) is 14.3. The van der Waals surface area contributed by atoms with Crippen molar-refractivity contribution >= 4 is 23.1 Å². The minimum Gasteiger partial charge on any atom is -0.393 e. The molecule has 0 spiro atoms. The summed E-state index contributed by atoms with van der Waals surface area (Å²) in [6, 6.07) is 0.315. The average molecular weight is 298 g/mol. The van der Waals surface area contributed by atoms with E-state index >= 15 is 0 Å². The lowest BCUT2D eigenvalue weighted by molar-refractivity contribution is -0.148. The van der Waals surface area contributed by atoms with Crippen LogP contribution in [-0.4, -0.2) is 52.3 Å². The molecule has 3 saturated heterocycles. The fourth-order valence-corrected chi connectivity index (χ4v) is 4.30. The van der Waals surface area contributed by atoms with Crippen molar-refractivity contribution in [2.45, 2.75) is 56.7 Å². The Balaban J connectivity index is 1.85. The third kappa shape index (κ3) is 2.14. The number of aliphatic hydroxyl groups excluding tert-OH is 1. The summed E-state index contributed by atoms with van der Waals surface area (Å²) in [7, 11) is 0. The first-order chi connectivity index (χ1) is 9.54. The van der Waals surface area contributed by atoms with E-state index in [1.54, 1.807) is 0 Å². The molecule has 3 heterocycles. The molecule has 0 aromatic rings. The van der Waals surface area contributed by atoms with Crippen LogP contribution in [0.2, 0.25) is 0 Å². The summed E-state index contributed by atoms with van der Waals surface area (Å²) in [5, 5.41) is 9.86. The lowest BCUT2D eigenvalue weighted by Gasteiger charge is -2.44. The molecule has 6 heteroatoms. The fraction of sp³-hybridized carbons (Fsp3) is 0.857. The Labute approximate surface area is 124 Å². The highest BCUT2D eigenvalue weighted by atomic mass is 32.1. The van der Waals surface area contributed by atoms with Crippen molar-refractivity contribution in [1.29, 1.82) is 0 Å². The molecule has 5 nitrogen and oxygen atoms in total. The van der Waals surface area contributed by atoms with Crippen LogP contribution in [-0.2, 0) is 9.53 Å². The Bertz CT molecular complexity index is 409. The number of nitrogens with zero attached hydrogens (tertiary/aromatic N) is 1. The largest absolute Gasteiger partial charge is 0.393 e. The fourth-order valence-electron chi connectivity index (χ4n) is 4.01. The van der Waals surface area contributed by atoms with Gasteiger partial charge in [0, 0.05) is 25.3 Å². The minimum absolute atomic E-state index is 0.0766. The van der Waals surface area contributed by atoms with Gasteiger partial charge >= 0.3 is 0 Å². The second-order valence-electron chi connectivity index (χ2n) is 6.28. The molecule has 2 bridgehead atoms. The van der Waals surface area contributed by atoms with Crippen LogP contribution in [0.4, 0.5) is 0 Å². The summed E-state index contributed by atoms with van der Waals surface area (Å²) in [5.74, 6) is 0.0766. The average Bonchev–Trinajstić information content (AvgIpc) is 2.70. The summed E-state index contributed by atoms with van der Waals surface area (Å²) >= 11 is 5.22. The molecule has 0 saturated carbocycles. The Morgan fingerprint density at radius 1 is 1.25 bits per heavy atom. The summed E-state index contributed by atoms with van der Waals surface area (Å²) in [5.41, 5.74) is 5.20. The van der Waals surface area contributed by atoms with Gasteiger partial charge in [0.15, 0.2) is 0 Å². The maximum absolute atomic E-state index is 13.1. The third-order valence-electron chi connectivity index (χ3n) is 5.17. The first-order valence-corrected chi connectivity index (χ1v) is 7.84. The SMILES string of the molecule is NC(=S)C1(C(=O)N2C3CCC2CC(O)C3)CCOCC1. The molecule has 3 N–H and O–H groups in total. The highest BCUT2D eigenvalue weighted by Crippen LogP contribution is 2.42. The number of carbonyl (C=O) groups is 1. The first kappa shape index (κ1) is 14.2. The van der Waals surface area contributed by atoms with E-state index in [-0.39, 0.29) is 24.1 Å². The Morgan fingerprint density at radius 2 is 1.80 bits per heavy atom. The zero-order valence-corrected chi connectivity index (χ0v) is 12.4. The number of ether oxygens (including phenoxy) is 1. The van der Waals surface area contributed by atoms with E-state index in [1.807, 2.05) is 4.90 Å². The van der Waals surface area contributed by atoms with Crippen LogP contribution in [0.1, 0.15) is 38.5 Å². The molecule has 0 aliphatic carbocycles. The molecule has 1 amide bonds. The van der Waals surface area contributed by atoms with E-state index in [4.69, 9.17) is 22.7 Å². The summed E-state index contributed by atoms with van der Waals surface area (Å²) < 4.78 is 5.37.